The molecule has 0 radical (unpaired) electrons. The van der Waals surface area contributed by atoms with Crippen LogP contribution in [0.25, 0.3) is 0 Å². The van der Waals surface area contributed by atoms with Crippen molar-refractivity contribution in [3.8, 4) is 0 Å². The summed E-state index contributed by atoms with van der Waals surface area (Å²) in [4.78, 5) is 34.3. The van der Waals surface area contributed by atoms with Gasteiger partial charge in [-0.1, -0.05) is 18.9 Å². The molecule has 9 heteroatoms. The first-order valence-corrected chi connectivity index (χ1v) is 9.87. The Labute approximate surface area is 169 Å². The fraction of sp³-hybridized carbons (Fsp3) is 0.550. The van der Waals surface area contributed by atoms with Gasteiger partial charge in [0.05, 0.1) is 17.1 Å². The molecule has 1 heterocycles. The van der Waals surface area contributed by atoms with Gasteiger partial charge in [0.1, 0.15) is 17.7 Å². The largest absolute Gasteiger partial charge is 0.390 e. The number of carbonyl (C=O) groups excluding carboxylic acids is 1. The Hall–Kier alpha value is -2.65. The topological polar surface area (TPSA) is 125 Å². The Morgan fingerprint density at radius 3 is 2.76 bits per heavy atom. The number of piperidine rings is 1. The average Bonchev–Trinajstić information content (AvgIpc) is 2.73. The Morgan fingerprint density at radius 2 is 2.10 bits per heavy atom. The number of aldehydes is 1. The highest BCUT2D eigenvalue weighted by Crippen LogP contribution is 2.29. The minimum absolute atomic E-state index is 0.0300. The number of hydrogen-bond donors (Lipinski definition) is 2. The van der Waals surface area contributed by atoms with Gasteiger partial charge in [-0.2, -0.15) is 0 Å². The van der Waals surface area contributed by atoms with E-state index in [1.807, 2.05) is 0 Å². The Bertz CT molecular complexity index is 727. The minimum atomic E-state index is -0.695. The van der Waals surface area contributed by atoms with E-state index in [0.717, 1.165) is 51.1 Å². The van der Waals surface area contributed by atoms with Crippen LogP contribution in [0.3, 0.4) is 0 Å². The molecule has 29 heavy (non-hydrogen) atoms. The number of nitro benzene ring substituents is 1. The smallest absolute Gasteiger partial charge is 0.294 e. The van der Waals surface area contributed by atoms with Crippen molar-refractivity contribution in [3.63, 3.8) is 0 Å². The molecule has 158 valence electrons. The van der Waals surface area contributed by atoms with Gasteiger partial charge in [-0.3, -0.25) is 15.0 Å². The van der Waals surface area contributed by atoms with E-state index < -0.39 is 11.0 Å². The van der Waals surface area contributed by atoms with Crippen LogP contribution in [-0.4, -0.2) is 53.0 Å². The van der Waals surface area contributed by atoms with Crippen molar-refractivity contribution < 1.29 is 14.8 Å². The minimum Gasteiger partial charge on any atom is -0.390 e. The molecule has 0 aliphatic carbocycles. The molecule has 2 unspecified atom stereocenters. The molecule has 1 aliphatic heterocycles. The summed E-state index contributed by atoms with van der Waals surface area (Å²) in [6.07, 6.45) is 6.28. The third kappa shape index (κ3) is 6.16. The summed E-state index contributed by atoms with van der Waals surface area (Å²) in [5.41, 5.74) is 0.250. The second-order valence-electron chi connectivity index (χ2n) is 7.23. The number of anilines is 1. The SMILES string of the molecule is C=CC1[C@@H](O)C(C=O)CCN1CCCCCCNc1ccc(N=O)cc1[N+](=O)[O-]. The van der Waals surface area contributed by atoms with Crippen LogP contribution in [0.1, 0.15) is 32.1 Å². The molecule has 0 bridgehead atoms. The van der Waals surface area contributed by atoms with Gasteiger partial charge in [-0.05, 0) is 49.7 Å². The van der Waals surface area contributed by atoms with Crippen molar-refractivity contribution >= 4 is 23.3 Å². The first-order chi connectivity index (χ1) is 14.0. The van der Waals surface area contributed by atoms with Crippen LogP contribution in [0.5, 0.6) is 0 Å². The van der Waals surface area contributed by atoms with Crippen molar-refractivity contribution in [2.24, 2.45) is 11.1 Å². The van der Waals surface area contributed by atoms with Gasteiger partial charge in [-0.25, -0.2) is 0 Å². The van der Waals surface area contributed by atoms with Crippen molar-refractivity contribution in [3.05, 3.63) is 45.9 Å². The molecule has 9 nitrogen and oxygen atoms in total. The van der Waals surface area contributed by atoms with Gasteiger partial charge in [0.25, 0.3) is 5.69 Å². The fourth-order valence-corrected chi connectivity index (χ4v) is 3.70. The highest BCUT2D eigenvalue weighted by molar-refractivity contribution is 5.66. The molecule has 0 amide bonds. The van der Waals surface area contributed by atoms with Crippen LogP contribution in [0.15, 0.2) is 36.0 Å². The number of nitro groups is 1. The first-order valence-electron chi connectivity index (χ1n) is 9.87. The number of nitrogens with one attached hydrogen (secondary N) is 1. The lowest BCUT2D eigenvalue weighted by atomic mass is 9.88. The standard InChI is InChI=1S/C20H28N4O5/c1-2-18-20(26)15(14-25)9-12-23(18)11-6-4-3-5-10-21-17-8-7-16(22-27)13-19(17)24(28)29/h2,7-8,13-15,18,20-21,26H,1,3-6,9-12H2/t15?,18?,20-/m0/s1. The molecule has 1 saturated heterocycles. The molecule has 1 aromatic carbocycles. The first kappa shape index (κ1) is 22.6. The van der Waals surface area contributed by atoms with Crippen LogP contribution >= 0.6 is 0 Å². The molecule has 0 aromatic heterocycles. The van der Waals surface area contributed by atoms with Gasteiger partial charge in [0, 0.05) is 18.5 Å². The van der Waals surface area contributed by atoms with Crippen LogP contribution in [0, 0.1) is 20.9 Å². The van der Waals surface area contributed by atoms with Crippen LogP contribution in [0.2, 0.25) is 0 Å². The number of nitroso groups, excluding NO2 is 1. The van der Waals surface area contributed by atoms with E-state index >= 15 is 0 Å². The maximum absolute atomic E-state index is 11.1. The second kappa shape index (κ2) is 11.4. The van der Waals surface area contributed by atoms with E-state index in [0.29, 0.717) is 18.7 Å². The lowest BCUT2D eigenvalue weighted by molar-refractivity contribution is -0.383. The quantitative estimate of drug-likeness (QED) is 0.137. The van der Waals surface area contributed by atoms with Gasteiger partial charge in [-0.15, -0.1) is 11.5 Å². The van der Waals surface area contributed by atoms with Crippen LogP contribution < -0.4 is 5.32 Å². The van der Waals surface area contributed by atoms with Gasteiger partial charge < -0.3 is 15.2 Å². The molecule has 3 atom stereocenters. The monoisotopic (exact) mass is 404 g/mol. The Balaban J connectivity index is 1.69. The third-order valence-corrected chi connectivity index (χ3v) is 5.35. The van der Waals surface area contributed by atoms with Crippen molar-refractivity contribution in [2.75, 3.05) is 25.0 Å². The highest BCUT2D eigenvalue weighted by Gasteiger charge is 2.34. The van der Waals surface area contributed by atoms with E-state index in [1.54, 1.807) is 6.08 Å². The molecule has 1 aliphatic rings. The summed E-state index contributed by atoms with van der Waals surface area (Å²) in [7, 11) is 0. The number of nitrogens with zero attached hydrogens (tertiary/aromatic N) is 3. The van der Waals surface area contributed by atoms with Gasteiger partial charge in [0.15, 0.2) is 0 Å². The highest BCUT2D eigenvalue weighted by atomic mass is 16.6. The summed E-state index contributed by atoms with van der Waals surface area (Å²) in [6.45, 7) is 5.98. The van der Waals surface area contributed by atoms with E-state index in [-0.39, 0.29) is 23.3 Å². The zero-order valence-corrected chi connectivity index (χ0v) is 16.4. The predicted molar refractivity (Wildman–Crippen MR) is 111 cm³/mol. The fourth-order valence-electron chi connectivity index (χ4n) is 3.70. The van der Waals surface area contributed by atoms with E-state index in [9.17, 15) is 24.9 Å². The lowest BCUT2D eigenvalue weighted by Gasteiger charge is -2.40. The van der Waals surface area contributed by atoms with Gasteiger partial charge >= 0.3 is 0 Å². The summed E-state index contributed by atoms with van der Waals surface area (Å²) in [6, 6.07) is 3.91. The molecular formula is C20H28N4O5. The Kier molecular flexibility index (Phi) is 8.88. The number of rotatable bonds is 12. The number of carbonyl (C=O) groups is 1. The van der Waals surface area contributed by atoms with E-state index in [2.05, 4.69) is 22.0 Å². The van der Waals surface area contributed by atoms with E-state index in [4.69, 9.17) is 0 Å². The Morgan fingerprint density at radius 1 is 1.34 bits per heavy atom. The number of hydrogen-bond acceptors (Lipinski definition) is 8. The second-order valence-corrected chi connectivity index (χ2v) is 7.23. The number of unbranched alkanes of at least 4 members (excludes halogenated alkanes) is 3. The molecule has 1 aromatic rings. The van der Waals surface area contributed by atoms with Crippen LogP contribution in [-0.2, 0) is 4.79 Å². The number of aliphatic hydroxyl groups excluding tert-OH is 1. The van der Waals surface area contributed by atoms with Crippen LogP contribution in [0.4, 0.5) is 17.1 Å². The van der Waals surface area contributed by atoms with E-state index in [1.165, 1.54) is 12.1 Å². The number of benzene rings is 1. The molecule has 2 N–H and O–H groups in total. The summed E-state index contributed by atoms with van der Waals surface area (Å²) in [5, 5.41) is 27.1. The van der Waals surface area contributed by atoms with Gasteiger partial charge in [0.2, 0.25) is 0 Å². The molecular weight excluding hydrogens is 376 g/mol. The zero-order chi connectivity index (χ0) is 21.2. The maximum atomic E-state index is 11.1. The predicted octanol–water partition coefficient (Wildman–Crippen LogP) is 3.40. The number of likely N-dealkylation sites (tertiary alicyclic amines) is 1. The average molecular weight is 404 g/mol. The summed E-state index contributed by atoms with van der Waals surface area (Å²) in [5.74, 6) is -0.319. The van der Waals surface area contributed by atoms with Crippen molar-refractivity contribution in [1.82, 2.24) is 4.90 Å². The van der Waals surface area contributed by atoms with Crippen molar-refractivity contribution in [2.45, 2.75) is 44.2 Å². The summed E-state index contributed by atoms with van der Waals surface area (Å²) < 4.78 is 0. The molecule has 1 fully saturated rings. The maximum Gasteiger partial charge on any atom is 0.294 e. The zero-order valence-electron chi connectivity index (χ0n) is 16.4. The third-order valence-electron chi connectivity index (χ3n) is 5.35. The molecule has 0 saturated carbocycles. The van der Waals surface area contributed by atoms with Crippen molar-refractivity contribution in [1.29, 1.82) is 0 Å². The lowest BCUT2D eigenvalue weighted by Crippen LogP contribution is -2.51. The summed E-state index contributed by atoms with van der Waals surface area (Å²) >= 11 is 0. The normalized spacial score (nSPS) is 22.0. The molecule has 0 spiro atoms. The molecule has 2 rings (SSSR count). The number of aliphatic hydroxyl groups is 1.